The molecule has 0 saturated carbocycles. The molecule has 0 spiro atoms. The number of amides is 2. The van der Waals surface area contributed by atoms with Crippen LogP contribution in [-0.4, -0.2) is 59.2 Å². The summed E-state index contributed by atoms with van der Waals surface area (Å²) in [5, 5.41) is 15.3. The summed E-state index contributed by atoms with van der Waals surface area (Å²) >= 11 is 0. The quantitative estimate of drug-likeness (QED) is 0.0739. The fraction of sp³-hybridized carbons (Fsp3) is 0.375. The van der Waals surface area contributed by atoms with Crippen molar-refractivity contribution in [1.82, 2.24) is 25.4 Å². The Morgan fingerprint density at radius 3 is 2.35 bits per heavy atom. The van der Waals surface area contributed by atoms with Crippen LogP contribution in [0.25, 0.3) is 16.6 Å². The molecule has 5 rings (SSSR count). The molecule has 0 aliphatic carbocycles. The Morgan fingerprint density at radius 1 is 1.00 bits per heavy atom. The van der Waals surface area contributed by atoms with E-state index in [4.69, 9.17) is 14.5 Å². The first kappa shape index (κ1) is 37.0. The maximum atomic E-state index is 13.6. The molecule has 0 unspecified atom stereocenters. The lowest BCUT2D eigenvalue weighted by atomic mass is 9.99. The van der Waals surface area contributed by atoms with Gasteiger partial charge in [0.2, 0.25) is 0 Å². The van der Waals surface area contributed by atoms with Crippen LogP contribution in [0.2, 0.25) is 0 Å². The van der Waals surface area contributed by atoms with Crippen molar-refractivity contribution in [1.29, 1.82) is 0 Å². The van der Waals surface area contributed by atoms with Crippen molar-refractivity contribution >= 4 is 40.4 Å². The van der Waals surface area contributed by atoms with E-state index in [1.165, 1.54) is 0 Å². The van der Waals surface area contributed by atoms with Crippen molar-refractivity contribution in [2.45, 2.75) is 79.1 Å². The lowest BCUT2D eigenvalue weighted by Gasteiger charge is -2.26. The van der Waals surface area contributed by atoms with Gasteiger partial charge in [-0.05, 0) is 92.6 Å². The number of nitrogens with one attached hydrogen (secondary N) is 3. The number of carbonyl (C=O) groups is 3. The molecule has 0 bridgehead atoms. The van der Waals surface area contributed by atoms with E-state index in [0.717, 1.165) is 63.8 Å². The number of aromatic nitrogens is 3. The molecule has 11 nitrogen and oxygen atoms in total. The SMILES string of the molecule is C/C=C(\C=C(\C=O)CC)c1ccc(OC)c(CNC(=O)c2cccc(C(=O)NCc3c(CC)nc4c(cnn4CC)c3NC3CCOCC3)c2)c1. The number of fused-ring (bicyclic) bond motifs is 1. The smallest absolute Gasteiger partial charge is 0.251 e. The maximum absolute atomic E-state index is 13.6. The minimum Gasteiger partial charge on any atom is -0.496 e. The number of aldehydes is 1. The van der Waals surface area contributed by atoms with Crippen molar-refractivity contribution in [2.24, 2.45) is 0 Å². The topological polar surface area (TPSA) is 136 Å². The van der Waals surface area contributed by atoms with Crippen molar-refractivity contribution < 1.29 is 23.9 Å². The minimum atomic E-state index is -0.323. The standard InChI is InChI=1S/C40H48N6O5/c1-6-26(25-47)19-27(7-2)28-13-14-36(50-5)31(20-28)22-41-39(48)29-11-10-12-30(21-29)40(49)42-23-33-35(8-3)45-38-34(24-43-46(38)9-4)37(33)44-32-15-17-51-18-16-32/h7,10-14,19-21,24-25,32H,6,8-9,15-18,22-23H2,1-5H3,(H,41,48)(H,42,49)(H,44,45)/b26-19+,27-7+. The van der Waals surface area contributed by atoms with E-state index in [1.807, 2.05) is 62.0 Å². The first-order valence-corrected chi connectivity index (χ1v) is 17.7. The maximum Gasteiger partial charge on any atom is 0.251 e. The molecule has 1 aliphatic rings. The molecule has 268 valence electrons. The van der Waals surface area contributed by atoms with Crippen molar-refractivity contribution in [3.63, 3.8) is 0 Å². The summed E-state index contributed by atoms with van der Waals surface area (Å²) in [7, 11) is 1.58. The lowest BCUT2D eigenvalue weighted by molar-refractivity contribution is -0.105. The minimum absolute atomic E-state index is 0.202. The Hall–Kier alpha value is -5.29. The van der Waals surface area contributed by atoms with E-state index < -0.39 is 0 Å². The first-order chi connectivity index (χ1) is 24.8. The molecule has 4 aromatic rings. The van der Waals surface area contributed by atoms with Crippen LogP contribution in [0.5, 0.6) is 5.75 Å². The van der Waals surface area contributed by atoms with Gasteiger partial charge in [0.1, 0.15) is 12.0 Å². The van der Waals surface area contributed by atoms with E-state index >= 15 is 0 Å². The second-order valence-corrected chi connectivity index (χ2v) is 12.4. The fourth-order valence-electron chi connectivity index (χ4n) is 6.30. The number of hydrogen-bond donors (Lipinski definition) is 3. The highest BCUT2D eigenvalue weighted by atomic mass is 16.5. The summed E-state index contributed by atoms with van der Waals surface area (Å²) in [4.78, 5) is 43.3. The van der Waals surface area contributed by atoms with Crippen LogP contribution in [0, 0.1) is 0 Å². The molecule has 2 amide bonds. The zero-order chi connectivity index (χ0) is 36.3. The molecule has 11 heteroatoms. The van der Waals surface area contributed by atoms with Gasteiger partial charge in [0.15, 0.2) is 5.65 Å². The van der Waals surface area contributed by atoms with Gasteiger partial charge in [-0.3, -0.25) is 14.4 Å². The van der Waals surface area contributed by atoms with E-state index in [-0.39, 0.29) is 30.9 Å². The predicted octanol–water partition coefficient (Wildman–Crippen LogP) is 6.41. The van der Waals surface area contributed by atoms with Crippen LogP contribution in [0.3, 0.4) is 0 Å². The molecular weight excluding hydrogens is 644 g/mol. The van der Waals surface area contributed by atoms with Gasteiger partial charge in [0.25, 0.3) is 11.8 Å². The van der Waals surface area contributed by atoms with Gasteiger partial charge in [0, 0.05) is 66.8 Å². The summed E-state index contributed by atoms with van der Waals surface area (Å²) in [5.41, 5.74) is 7.60. The third-order valence-corrected chi connectivity index (χ3v) is 9.25. The number of carbonyl (C=O) groups excluding carboxylic acids is 3. The number of aryl methyl sites for hydroxylation is 2. The third-order valence-electron chi connectivity index (χ3n) is 9.25. The van der Waals surface area contributed by atoms with Gasteiger partial charge >= 0.3 is 0 Å². The average Bonchev–Trinajstić information content (AvgIpc) is 3.60. The first-order valence-electron chi connectivity index (χ1n) is 17.7. The Balaban J connectivity index is 1.32. The second-order valence-electron chi connectivity index (χ2n) is 12.4. The molecule has 2 aromatic heterocycles. The summed E-state index contributed by atoms with van der Waals surface area (Å²) in [6.45, 7) is 10.5. The van der Waals surface area contributed by atoms with Gasteiger partial charge in [-0.2, -0.15) is 5.10 Å². The van der Waals surface area contributed by atoms with Gasteiger partial charge in [-0.15, -0.1) is 0 Å². The van der Waals surface area contributed by atoms with E-state index in [2.05, 4.69) is 28.0 Å². The summed E-state index contributed by atoms with van der Waals surface area (Å²) in [5.74, 6) is 0.0111. The van der Waals surface area contributed by atoms with Gasteiger partial charge in [-0.1, -0.05) is 32.1 Å². The van der Waals surface area contributed by atoms with E-state index in [1.54, 1.807) is 31.4 Å². The zero-order valence-electron chi connectivity index (χ0n) is 30.2. The second kappa shape index (κ2) is 17.6. The Bertz CT molecular complexity index is 1940. The van der Waals surface area contributed by atoms with Gasteiger partial charge in [-0.25, -0.2) is 9.67 Å². The van der Waals surface area contributed by atoms with Crippen LogP contribution < -0.4 is 20.7 Å². The van der Waals surface area contributed by atoms with Crippen molar-refractivity contribution in [3.05, 3.63) is 99.9 Å². The number of anilines is 1. The summed E-state index contributed by atoms with van der Waals surface area (Å²) in [6.07, 6.45) is 9.63. The number of ether oxygens (including phenoxy) is 2. The average molecular weight is 693 g/mol. The van der Waals surface area contributed by atoms with Crippen molar-refractivity contribution in [3.8, 4) is 5.75 Å². The highest BCUT2D eigenvalue weighted by Gasteiger charge is 2.22. The predicted molar refractivity (Wildman–Crippen MR) is 200 cm³/mol. The molecule has 0 radical (unpaired) electrons. The molecule has 1 saturated heterocycles. The number of methoxy groups -OCH3 is 1. The van der Waals surface area contributed by atoms with E-state index in [9.17, 15) is 14.4 Å². The van der Waals surface area contributed by atoms with E-state index in [0.29, 0.717) is 55.0 Å². The largest absolute Gasteiger partial charge is 0.496 e. The number of rotatable bonds is 15. The highest BCUT2D eigenvalue weighted by Crippen LogP contribution is 2.31. The van der Waals surface area contributed by atoms with Crippen LogP contribution in [0.4, 0.5) is 5.69 Å². The number of hydrogen-bond acceptors (Lipinski definition) is 8. The number of benzene rings is 2. The fourth-order valence-corrected chi connectivity index (χ4v) is 6.30. The van der Waals surface area contributed by atoms with Gasteiger partial charge in [0.05, 0.1) is 24.4 Å². The normalized spacial score (nSPS) is 14.0. The van der Waals surface area contributed by atoms with Gasteiger partial charge < -0.3 is 25.4 Å². The third kappa shape index (κ3) is 8.72. The number of pyridine rings is 1. The number of nitrogens with zero attached hydrogens (tertiary/aromatic N) is 3. The Morgan fingerprint density at radius 2 is 1.73 bits per heavy atom. The molecular formula is C40H48N6O5. The highest BCUT2D eigenvalue weighted by molar-refractivity contribution is 6.00. The van der Waals surface area contributed by atoms with Crippen molar-refractivity contribution in [2.75, 3.05) is 25.6 Å². The lowest BCUT2D eigenvalue weighted by Crippen LogP contribution is -2.30. The Kier molecular flexibility index (Phi) is 12.7. The molecule has 51 heavy (non-hydrogen) atoms. The van der Waals surface area contributed by atoms with Crippen LogP contribution in [0.15, 0.2) is 66.4 Å². The van der Waals surface area contributed by atoms with Crippen LogP contribution in [-0.2, 0) is 35.6 Å². The zero-order valence-corrected chi connectivity index (χ0v) is 30.2. The number of allylic oxidation sites excluding steroid dienone is 4. The monoisotopic (exact) mass is 692 g/mol. The molecule has 3 N–H and O–H groups in total. The van der Waals surface area contributed by atoms with Crippen LogP contribution in [0.1, 0.15) is 90.1 Å². The molecule has 1 fully saturated rings. The molecule has 3 heterocycles. The Labute approximate surface area is 299 Å². The molecule has 1 aliphatic heterocycles. The molecule has 2 aromatic carbocycles. The summed E-state index contributed by atoms with van der Waals surface area (Å²) < 4.78 is 13.1. The van der Waals surface area contributed by atoms with Crippen LogP contribution >= 0.6 is 0 Å². The summed E-state index contributed by atoms with van der Waals surface area (Å²) in [6, 6.07) is 12.6. The molecule has 0 atom stereocenters.